The first kappa shape index (κ1) is 22.8. The molecule has 4 rings (SSSR count). The van der Waals surface area contributed by atoms with Crippen LogP contribution < -0.4 is 0 Å². The molecule has 1 amide bonds. The van der Waals surface area contributed by atoms with E-state index in [2.05, 4.69) is 15.0 Å². The zero-order valence-corrected chi connectivity index (χ0v) is 19.3. The quantitative estimate of drug-likeness (QED) is 0.547. The van der Waals surface area contributed by atoms with Crippen LogP contribution in [0.3, 0.4) is 0 Å². The molecule has 0 radical (unpaired) electrons. The molecule has 8 nitrogen and oxygen atoms in total. The van der Waals surface area contributed by atoms with Gasteiger partial charge in [0.15, 0.2) is 11.6 Å². The van der Waals surface area contributed by atoms with E-state index in [1.807, 2.05) is 20.8 Å². The van der Waals surface area contributed by atoms with Crippen LogP contribution in [0.1, 0.15) is 56.6 Å². The maximum Gasteiger partial charge on any atom is 0.410 e. The summed E-state index contributed by atoms with van der Waals surface area (Å²) in [6, 6.07) is 2.92. The van der Waals surface area contributed by atoms with Crippen molar-refractivity contribution < 1.29 is 18.7 Å². The molecule has 0 aromatic carbocycles. The van der Waals surface area contributed by atoms with Gasteiger partial charge in [0.2, 0.25) is 0 Å². The molecule has 0 spiro atoms. The highest BCUT2D eigenvalue weighted by atomic mass is 19.1. The number of piperidine rings is 1. The first-order chi connectivity index (χ1) is 15.6. The number of Topliss-reactive ketones (excluding diaryl/α,β-unsaturated/α-hetero) is 1. The Hall–Kier alpha value is -3.36. The second-order valence-corrected chi connectivity index (χ2v) is 9.47. The van der Waals surface area contributed by atoms with E-state index in [1.165, 1.54) is 25.4 Å². The van der Waals surface area contributed by atoms with Crippen molar-refractivity contribution in [1.29, 1.82) is 0 Å². The van der Waals surface area contributed by atoms with E-state index in [0.29, 0.717) is 47.9 Å². The van der Waals surface area contributed by atoms with Crippen LogP contribution in [-0.2, 0) is 11.2 Å². The number of hydrogen-bond acceptors (Lipinski definition) is 6. The third-order valence-corrected chi connectivity index (χ3v) is 5.60. The van der Waals surface area contributed by atoms with Crippen molar-refractivity contribution in [3.63, 3.8) is 0 Å². The van der Waals surface area contributed by atoms with Gasteiger partial charge >= 0.3 is 6.09 Å². The molecule has 0 unspecified atom stereocenters. The number of carbonyl (C=O) groups is 2. The van der Waals surface area contributed by atoms with Crippen molar-refractivity contribution in [3.05, 3.63) is 47.8 Å². The maximum absolute atomic E-state index is 13.8. The molecule has 1 fully saturated rings. The van der Waals surface area contributed by atoms with Crippen molar-refractivity contribution in [2.45, 2.75) is 52.6 Å². The number of rotatable bonds is 4. The first-order valence-electron chi connectivity index (χ1n) is 11.1. The van der Waals surface area contributed by atoms with Gasteiger partial charge in [-0.25, -0.2) is 24.1 Å². The lowest BCUT2D eigenvalue weighted by molar-refractivity contribution is 0.0165. The molecule has 0 N–H and O–H groups in total. The second-order valence-electron chi connectivity index (χ2n) is 9.47. The Morgan fingerprint density at radius 1 is 1.21 bits per heavy atom. The summed E-state index contributed by atoms with van der Waals surface area (Å²) in [4.78, 5) is 39.9. The number of ketones is 1. The van der Waals surface area contributed by atoms with E-state index in [9.17, 15) is 14.0 Å². The number of halogens is 1. The first-order valence-corrected chi connectivity index (χ1v) is 11.1. The van der Waals surface area contributed by atoms with Gasteiger partial charge in [-0.15, -0.1) is 0 Å². The molecule has 0 aliphatic carbocycles. The smallest absolute Gasteiger partial charge is 0.410 e. The summed E-state index contributed by atoms with van der Waals surface area (Å²) >= 11 is 0. The van der Waals surface area contributed by atoms with Gasteiger partial charge in [-0.1, -0.05) is 0 Å². The number of ether oxygens (including phenoxy) is 1. The molecule has 4 heterocycles. The largest absolute Gasteiger partial charge is 0.444 e. The van der Waals surface area contributed by atoms with Crippen molar-refractivity contribution in [1.82, 2.24) is 24.3 Å². The highest BCUT2D eigenvalue weighted by Gasteiger charge is 2.29. The van der Waals surface area contributed by atoms with E-state index in [0.717, 1.165) is 12.8 Å². The van der Waals surface area contributed by atoms with Gasteiger partial charge in [0.1, 0.15) is 22.8 Å². The molecule has 1 saturated heterocycles. The fraction of sp³-hybridized carbons (Fsp3) is 0.458. The Kier molecular flexibility index (Phi) is 6.14. The van der Waals surface area contributed by atoms with Crippen molar-refractivity contribution >= 4 is 17.5 Å². The summed E-state index contributed by atoms with van der Waals surface area (Å²) in [6.07, 6.45) is 6.41. The number of nitrogens with zero attached hydrogens (tertiary/aromatic N) is 5. The molecule has 0 bridgehead atoms. The summed E-state index contributed by atoms with van der Waals surface area (Å²) in [5, 5.41) is 0. The average Bonchev–Trinajstić information content (AvgIpc) is 3.15. The molecule has 0 saturated carbocycles. The van der Waals surface area contributed by atoms with Crippen LogP contribution in [0.25, 0.3) is 17.2 Å². The number of likely N-dealkylation sites (tertiary alicyclic amines) is 1. The lowest BCUT2D eigenvalue weighted by atomic mass is 9.91. The van der Waals surface area contributed by atoms with E-state index in [-0.39, 0.29) is 17.8 Å². The average molecular weight is 454 g/mol. The Labute approximate surface area is 191 Å². The lowest BCUT2D eigenvalue weighted by Crippen LogP contribution is -2.43. The van der Waals surface area contributed by atoms with Crippen molar-refractivity contribution in [3.8, 4) is 11.5 Å². The van der Waals surface area contributed by atoms with Gasteiger partial charge in [-0.3, -0.25) is 9.20 Å². The number of aromatic nitrogens is 4. The highest BCUT2D eigenvalue weighted by Crippen LogP contribution is 2.25. The molecule has 1 atom stereocenters. The van der Waals surface area contributed by atoms with Crippen LogP contribution in [0, 0.1) is 11.7 Å². The molecular formula is C24H28FN5O3. The Balaban J connectivity index is 1.61. The molecule has 3 aromatic heterocycles. The van der Waals surface area contributed by atoms with Gasteiger partial charge in [0.05, 0.1) is 17.5 Å². The van der Waals surface area contributed by atoms with E-state index in [1.54, 1.807) is 21.6 Å². The van der Waals surface area contributed by atoms with Crippen molar-refractivity contribution in [2.24, 2.45) is 5.92 Å². The van der Waals surface area contributed by atoms with Gasteiger partial charge in [0.25, 0.3) is 0 Å². The van der Waals surface area contributed by atoms with Crippen LogP contribution >= 0.6 is 0 Å². The molecular weight excluding hydrogens is 425 g/mol. The predicted octanol–water partition coefficient (Wildman–Crippen LogP) is 4.32. The van der Waals surface area contributed by atoms with E-state index in [4.69, 9.17) is 4.74 Å². The number of fused-ring (bicyclic) bond motifs is 1. The standard InChI is InChI=1S/C24H28FN5O3/c1-15(31)18-11-27-22(20-12-26-21-8-7-17(25)14-30(20)21)28-19(18)10-16-6-5-9-29(13-16)23(32)33-24(2,3)4/h7-8,11-12,14,16H,5-6,9-10,13H2,1-4H3/t16-/m0/s1. The van der Waals surface area contributed by atoms with Gasteiger partial charge < -0.3 is 9.64 Å². The number of hydrogen-bond donors (Lipinski definition) is 0. The number of imidazole rings is 1. The minimum absolute atomic E-state index is 0.124. The van der Waals surface area contributed by atoms with Gasteiger partial charge in [0, 0.05) is 25.5 Å². The third-order valence-electron chi connectivity index (χ3n) is 5.60. The number of pyridine rings is 1. The monoisotopic (exact) mass is 453 g/mol. The predicted molar refractivity (Wildman–Crippen MR) is 120 cm³/mol. The second kappa shape index (κ2) is 8.88. The van der Waals surface area contributed by atoms with Crippen LogP contribution in [0.5, 0.6) is 0 Å². The van der Waals surface area contributed by atoms with E-state index < -0.39 is 11.4 Å². The summed E-state index contributed by atoms with van der Waals surface area (Å²) in [5.41, 5.74) is 1.64. The van der Waals surface area contributed by atoms with Crippen LogP contribution in [0.4, 0.5) is 9.18 Å². The lowest BCUT2D eigenvalue weighted by Gasteiger charge is -2.34. The fourth-order valence-corrected chi connectivity index (χ4v) is 4.11. The van der Waals surface area contributed by atoms with Crippen LogP contribution in [-0.4, -0.2) is 54.8 Å². The van der Waals surface area contributed by atoms with Crippen molar-refractivity contribution in [2.75, 3.05) is 13.1 Å². The van der Waals surface area contributed by atoms with Crippen LogP contribution in [0.15, 0.2) is 30.7 Å². The third kappa shape index (κ3) is 5.18. The maximum atomic E-state index is 13.8. The fourth-order valence-electron chi connectivity index (χ4n) is 4.11. The molecule has 1 aliphatic heterocycles. The molecule has 33 heavy (non-hydrogen) atoms. The Morgan fingerprint density at radius 3 is 2.73 bits per heavy atom. The molecule has 3 aromatic rings. The topological polar surface area (TPSA) is 89.7 Å². The van der Waals surface area contributed by atoms with Crippen LogP contribution in [0.2, 0.25) is 0 Å². The van der Waals surface area contributed by atoms with Gasteiger partial charge in [-0.05, 0) is 65.0 Å². The van der Waals surface area contributed by atoms with E-state index >= 15 is 0 Å². The molecule has 1 aliphatic rings. The Bertz CT molecular complexity index is 1200. The normalized spacial score (nSPS) is 16.8. The number of carbonyl (C=O) groups excluding carboxylic acids is 2. The zero-order chi connectivity index (χ0) is 23.8. The minimum Gasteiger partial charge on any atom is -0.444 e. The summed E-state index contributed by atoms with van der Waals surface area (Å²) in [7, 11) is 0. The summed E-state index contributed by atoms with van der Waals surface area (Å²) in [5.74, 6) is -0.0213. The summed E-state index contributed by atoms with van der Waals surface area (Å²) < 4.78 is 20.9. The SMILES string of the molecule is CC(=O)c1cnc(-c2cnc3ccc(F)cn23)nc1C[C@@H]1CCCN(C(=O)OC(C)(C)C)C1. The van der Waals surface area contributed by atoms with Gasteiger partial charge in [-0.2, -0.15) is 0 Å². The zero-order valence-electron chi connectivity index (χ0n) is 19.3. The molecule has 9 heteroatoms. The molecule has 174 valence electrons. The number of amides is 1. The Morgan fingerprint density at radius 2 is 2.00 bits per heavy atom. The highest BCUT2D eigenvalue weighted by molar-refractivity contribution is 5.95. The summed E-state index contributed by atoms with van der Waals surface area (Å²) in [6.45, 7) is 8.21. The minimum atomic E-state index is -0.555.